The summed E-state index contributed by atoms with van der Waals surface area (Å²) in [7, 11) is -3.89. The summed E-state index contributed by atoms with van der Waals surface area (Å²) in [6.45, 7) is 1.71. The van der Waals surface area contributed by atoms with E-state index in [1.807, 2.05) is 18.2 Å². The van der Waals surface area contributed by atoms with Crippen LogP contribution in [0.5, 0.6) is 0 Å². The van der Waals surface area contributed by atoms with Crippen LogP contribution in [0.25, 0.3) is 0 Å². The Morgan fingerprint density at radius 1 is 1.35 bits per heavy atom. The van der Waals surface area contributed by atoms with Gasteiger partial charge in [0, 0.05) is 12.7 Å². The molecule has 1 fully saturated rings. The molecule has 1 atom stereocenters. The van der Waals surface area contributed by atoms with Crippen LogP contribution in [0.3, 0.4) is 0 Å². The molecule has 0 radical (unpaired) electrons. The third kappa shape index (κ3) is 3.91. The number of benzene rings is 1. The molecule has 1 aliphatic heterocycles. The number of halogens is 1. The standard InChI is InChI=1S/C18H20FN3O3S/c1-13-11-14(7-8-15(13)19)26(24,25)21-12-18(23)22-10-4-6-17(22)16-5-2-3-9-20-16/h2-3,5,7-9,11,17,21H,4,6,10,12H2,1H3/t17-/m0/s1. The minimum Gasteiger partial charge on any atom is -0.333 e. The topological polar surface area (TPSA) is 79.4 Å². The van der Waals surface area contributed by atoms with Crippen LogP contribution in [0.15, 0.2) is 47.5 Å². The predicted molar refractivity (Wildman–Crippen MR) is 94.3 cm³/mol. The van der Waals surface area contributed by atoms with Crippen LogP contribution in [0, 0.1) is 12.7 Å². The summed E-state index contributed by atoms with van der Waals surface area (Å²) >= 11 is 0. The van der Waals surface area contributed by atoms with Crippen LogP contribution < -0.4 is 4.72 Å². The molecule has 8 heteroatoms. The highest BCUT2D eigenvalue weighted by Gasteiger charge is 2.31. The van der Waals surface area contributed by atoms with E-state index in [0.29, 0.717) is 6.54 Å². The second kappa shape index (κ2) is 7.51. The summed E-state index contributed by atoms with van der Waals surface area (Å²) in [6.07, 6.45) is 3.32. The van der Waals surface area contributed by atoms with Crippen molar-refractivity contribution in [3.05, 3.63) is 59.7 Å². The number of aromatic nitrogens is 1. The average molecular weight is 377 g/mol. The van der Waals surface area contributed by atoms with E-state index in [1.54, 1.807) is 11.1 Å². The molecule has 3 rings (SSSR count). The monoisotopic (exact) mass is 377 g/mol. The molecule has 0 aliphatic carbocycles. The Morgan fingerprint density at radius 2 is 2.15 bits per heavy atom. The number of carbonyl (C=O) groups excluding carboxylic acids is 1. The van der Waals surface area contributed by atoms with E-state index in [4.69, 9.17) is 0 Å². The number of carbonyl (C=O) groups is 1. The number of likely N-dealkylation sites (tertiary alicyclic amines) is 1. The van der Waals surface area contributed by atoms with Gasteiger partial charge in [0.1, 0.15) is 5.82 Å². The molecule has 1 aromatic carbocycles. The van der Waals surface area contributed by atoms with Gasteiger partial charge in [-0.3, -0.25) is 9.78 Å². The minimum absolute atomic E-state index is 0.0631. The van der Waals surface area contributed by atoms with Crippen molar-refractivity contribution < 1.29 is 17.6 Å². The van der Waals surface area contributed by atoms with Gasteiger partial charge in [0.05, 0.1) is 23.2 Å². The van der Waals surface area contributed by atoms with Crippen LogP contribution >= 0.6 is 0 Å². The number of nitrogens with zero attached hydrogens (tertiary/aromatic N) is 2. The number of nitrogens with one attached hydrogen (secondary N) is 1. The number of aryl methyl sites for hydroxylation is 1. The van der Waals surface area contributed by atoms with Crippen LogP contribution in [-0.2, 0) is 14.8 Å². The molecule has 1 aromatic heterocycles. The van der Waals surface area contributed by atoms with Gasteiger partial charge in [0.15, 0.2) is 0 Å². The number of pyridine rings is 1. The predicted octanol–water partition coefficient (Wildman–Crippen LogP) is 2.17. The first-order valence-electron chi connectivity index (χ1n) is 8.35. The Hall–Kier alpha value is -2.32. The van der Waals surface area contributed by atoms with Crippen molar-refractivity contribution in [2.45, 2.75) is 30.7 Å². The first-order valence-corrected chi connectivity index (χ1v) is 9.83. The summed E-state index contributed by atoms with van der Waals surface area (Å²) in [4.78, 5) is 18.4. The van der Waals surface area contributed by atoms with Gasteiger partial charge >= 0.3 is 0 Å². The van der Waals surface area contributed by atoms with Crippen molar-refractivity contribution in [2.24, 2.45) is 0 Å². The normalized spacial score (nSPS) is 17.5. The molecule has 0 unspecified atom stereocenters. The summed E-state index contributed by atoms with van der Waals surface area (Å²) in [5.74, 6) is -0.782. The highest BCUT2D eigenvalue weighted by molar-refractivity contribution is 7.89. The van der Waals surface area contributed by atoms with Gasteiger partial charge in [0.25, 0.3) is 0 Å². The number of sulfonamides is 1. The van der Waals surface area contributed by atoms with Gasteiger partial charge < -0.3 is 4.90 Å². The summed E-state index contributed by atoms with van der Waals surface area (Å²) in [6, 6.07) is 8.93. The quantitative estimate of drug-likeness (QED) is 0.866. The SMILES string of the molecule is Cc1cc(S(=O)(=O)NCC(=O)N2CCC[C@H]2c2ccccn2)ccc1F. The maximum absolute atomic E-state index is 13.3. The van der Waals surface area contributed by atoms with E-state index in [9.17, 15) is 17.6 Å². The fourth-order valence-corrected chi connectivity index (χ4v) is 4.13. The molecule has 0 saturated carbocycles. The Morgan fingerprint density at radius 3 is 2.85 bits per heavy atom. The molecule has 2 heterocycles. The molecule has 26 heavy (non-hydrogen) atoms. The van der Waals surface area contributed by atoms with E-state index < -0.39 is 15.8 Å². The van der Waals surface area contributed by atoms with Crippen LogP contribution in [0.1, 0.15) is 30.1 Å². The van der Waals surface area contributed by atoms with Gasteiger partial charge in [-0.15, -0.1) is 0 Å². The molecule has 1 aliphatic rings. The third-order valence-corrected chi connectivity index (χ3v) is 5.85. The van der Waals surface area contributed by atoms with Crippen LogP contribution in [0.4, 0.5) is 4.39 Å². The average Bonchev–Trinajstić information content (AvgIpc) is 3.12. The van der Waals surface area contributed by atoms with Gasteiger partial charge in [-0.1, -0.05) is 6.07 Å². The maximum atomic E-state index is 13.3. The zero-order valence-corrected chi connectivity index (χ0v) is 15.2. The minimum atomic E-state index is -3.89. The molecule has 1 N–H and O–H groups in total. The fourth-order valence-electron chi connectivity index (χ4n) is 3.07. The summed E-state index contributed by atoms with van der Waals surface area (Å²) < 4.78 is 40.3. The first-order chi connectivity index (χ1) is 12.4. The molecule has 2 aromatic rings. The Labute approximate surface area is 152 Å². The maximum Gasteiger partial charge on any atom is 0.241 e. The van der Waals surface area contributed by atoms with Gasteiger partial charge in [0.2, 0.25) is 15.9 Å². The van der Waals surface area contributed by atoms with E-state index >= 15 is 0 Å². The molecule has 0 bridgehead atoms. The number of amides is 1. The highest BCUT2D eigenvalue weighted by atomic mass is 32.2. The summed E-state index contributed by atoms with van der Waals surface area (Å²) in [5, 5.41) is 0. The second-order valence-electron chi connectivity index (χ2n) is 6.24. The van der Waals surface area contributed by atoms with Crippen LogP contribution in [-0.4, -0.2) is 37.3 Å². The third-order valence-electron chi connectivity index (χ3n) is 4.46. The Balaban J connectivity index is 1.68. The van der Waals surface area contributed by atoms with Crippen molar-refractivity contribution in [1.82, 2.24) is 14.6 Å². The van der Waals surface area contributed by atoms with E-state index in [1.165, 1.54) is 19.1 Å². The molecular weight excluding hydrogens is 357 g/mol. The van der Waals surface area contributed by atoms with Crippen molar-refractivity contribution in [3.8, 4) is 0 Å². The molecule has 1 amide bonds. The number of hydrogen-bond acceptors (Lipinski definition) is 4. The van der Waals surface area contributed by atoms with Crippen molar-refractivity contribution in [2.75, 3.05) is 13.1 Å². The van der Waals surface area contributed by atoms with Crippen molar-refractivity contribution in [1.29, 1.82) is 0 Å². The molecule has 138 valence electrons. The first kappa shape index (κ1) is 18.5. The van der Waals surface area contributed by atoms with E-state index in [0.717, 1.165) is 24.6 Å². The van der Waals surface area contributed by atoms with E-state index in [-0.39, 0.29) is 29.0 Å². The Kier molecular flexibility index (Phi) is 5.33. The smallest absolute Gasteiger partial charge is 0.241 e. The van der Waals surface area contributed by atoms with Crippen molar-refractivity contribution >= 4 is 15.9 Å². The zero-order chi connectivity index (χ0) is 18.7. The van der Waals surface area contributed by atoms with E-state index in [2.05, 4.69) is 9.71 Å². The lowest BCUT2D eigenvalue weighted by Crippen LogP contribution is -2.40. The highest BCUT2D eigenvalue weighted by Crippen LogP contribution is 2.30. The zero-order valence-electron chi connectivity index (χ0n) is 14.4. The second-order valence-corrected chi connectivity index (χ2v) is 8.00. The molecule has 0 spiro atoms. The summed E-state index contributed by atoms with van der Waals surface area (Å²) in [5.41, 5.74) is 1.03. The lowest BCUT2D eigenvalue weighted by atomic mass is 10.1. The fraction of sp³-hybridized carbons (Fsp3) is 0.333. The number of hydrogen-bond donors (Lipinski definition) is 1. The van der Waals surface area contributed by atoms with Crippen LogP contribution in [0.2, 0.25) is 0 Å². The molecular formula is C18H20FN3O3S. The lowest BCUT2D eigenvalue weighted by molar-refractivity contribution is -0.130. The largest absolute Gasteiger partial charge is 0.333 e. The Bertz CT molecular complexity index is 903. The molecule has 6 nitrogen and oxygen atoms in total. The van der Waals surface area contributed by atoms with Crippen molar-refractivity contribution in [3.63, 3.8) is 0 Å². The van der Waals surface area contributed by atoms with Gasteiger partial charge in [-0.2, -0.15) is 0 Å². The van der Waals surface area contributed by atoms with Gasteiger partial charge in [-0.25, -0.2) is 17.5 Å². The van der Waals surface area contributed by atoms with Gasteiger partial charge in [-0.05, 0) is 55.7 Å². The lowest BCUT2D eigenvalue weighted by Gasteiger charge is -2.24. The molecule has 1 saturated heterocycles. The number of rotatable bonds is 5.